The van der Waals surface area contributed by atoms with Crippen LogP contribution >= 0.6 is 27.5 Å². The molecule has 1 nitrogen and oxygen atoms in total. The first-order chi connectivity index (χ1) is 10.0. The van der Waals surface area contributed by atoms with Crippen LogP contribution in [0.15, 0.2) is 40.9 Å². The molecule has 0 saturated heterocycles. The van der Waals surface area contributed by atoms with E-state index in [-0.39, 0.29) is 11.9 Å². The molecule has 4 heteroatoms. The summed E-state index contributed by atoms with van der Waals surface area (Å²) in [6.45, 7) is 4.88. The third-order valence-electron chi connectivity index (χ3n) is 3.34. The van der Waals surface area contributed by atoms with Crippen molar-refractivity contribution < 1.29 is 4.39 Å². The van der Waals surface area contributed by atoms with Crippen LogP contribution in [0.25, 0.3) is 0 Å². The minimum atomic E-state index is -0.194. The lowest BCUT2D eigenvalue weighted by Gasteiger charge is -2.21. The molecule has 0 radical (unpaired) electrons. The van der Waals surface area contributed by atoms with Crippen LogP contribution in [0.2, 0.25) is 5.02 Å². The van der Waals surface area contributed by atoms with Crippen LogP contribution in [0, 0.1) is 12.7 Å². The summed E-state index contributed by atoms with van der Waals surface area (Å²) in [5.74, 6) is -0.194. The first-order valence-electron chi connectivity index (χ1n) is 6.97. The van der Waals surface area contributed by atoms with Crippen LogP contribution in [0.3, 0.4) is 0 Å². The van der Waals surface area contributed by atoms with Crippen LogP contribution < -0.4 is 5.32 Å². The van der Waals surface area contributed by atoms with E-state index in [1.807, 2.05) is 31.2 Å². The fourth-order valence-electron chi connectivity index (χ4n) is 2.27. The zero-order valence-electron chi connectivity index (χ0n) is 12.1. The largest absolute Gasteiger partial charge is 0.306 e. The maximum atomic E-state index is 14.2. The summed E-state index contributed by atoms with van der Waals surface area (Å²) in [4.78, 5) is 0. The van der Waals surface area contributed by atoms with Crippen molar-refractivity contribution in [2.24, 2.45) is 0 Å². The molecule has 0 amide bonds. The molecule has 2 aromatic rings. The smallest absolute Gasteiger partial charge is 0.128 e. The molecule has 2 aromatic carbocycles. The number of benzene rings is 2. The van der Waals surface area contributed by atoms with Gasteiger partial charge in [0, 0.05) is 10.0 Å². The highest BCUT2D eigenvalue weighted by molar-refractivity contribution is 9.10. The Morgan fingerprint density at radius 1 is 1.24 bits per heavy atom. The van der Waals surface area contributed by atoms with Gasteiger partial charge in [-0.25, -0.2) is 4.39 Å². The van der Waals surface area contributed by atoms with Crippen molar-refractivity contribution in [3.8, 4) is 0 Å². The van der Waals surface area contributed by atoms with E-state index in [1.165, 1.54) is 6.07 Å². The van der Waals surface area contributed by atoms with Crippen molar-refractivity contribution in [3.05, 3.63) is 68.4 Å². The van der Waals surface area contributed by atoms with Gasteiger partial charge in [0.2, 0.25) is 0 Å². The van der Waals surface area contributed by atoms with Gasteiger partial charge >= 0.3 is 0 Å². The molecule has 0 bridgehead atoms. The lowest BCUT2D eigenvalue weighted by Crippen LogP contribution is -2.24. The fourth-order valence-corrected chi connectivity index (χ4v) is 2.79. The molecule has 0 aliphatic carbocycles. The Morgan fingerprint density at radius 3 is 2.67 bits per heavy atom. The first kappa shape index (κ1) is 16.5. The van der Waals surface area contributed by atoms with Crippen molar-refractivity contribution in [1.29, 1.82) is 0 Å². The van der Waals surface area contributed by atoms with Gasteiger partial charge in [-0.15, -0.1) is 0 Å². The molecule has 1 atom stereocenters. The Bertz CT molecular complexity index is 630. The number of halogens is 3. The minimum Gasteiger partial charge on any atom is -0.306 e. The standard InChI is InChI=1S/C17H18BrClFN/c1-3-8-21-17(12-5-6-15(19)14(18)10-12)13-9-11(2)4-7-16(13)20/h4-7,9-10,17,21H,3,8H2,1-2H3. The highest BCUT2D eigenvalue weighted by Crippen LogP contribution is 2.30. The predicted octanol–water partition coefficient (Wildman–Crippen LogP) is 5.64. The molecule has 2 rings (SSSR count). The zero-order chi connectivity index (χ0) is 15.4. The van der Waals surface area contributed by atoms with Crippen LogP contribution in [0.1, 0.15) is 36.1 Å². The van der Waals surface area contributed by atoms with E-state index in [0.717, 1.165) is 28.6 Å². The maximum Gasteiger partial charge on any atom is 0.128 e. The number of aryl methyl sites for hydroxylation is 1. The molecule has 0 heterocycles. The van der Waals surface area contributed by atoms with Crippen molar-refractivity contribution in [2.75, 3.05) is 6.54 Å². The second-order valence-corrected chi connectivity index (χ2v) is 6.35. The Balaban J connectivity index is 2.46. The van der Waals surface area contributed by atoms with Gasteiger partial charge in [-0.1, -0.05) is 42.3 Å². The summed E-state index contributed by atoms with van der Waals surface area (Å²) < 4.78 is 15.1. The molecule has 1 N–H and O–H groups in total. The monoisotopic (exact) mass is 369 g/mol. The van der Waals surface area contributed by atoms with Gasteiger partial charge in [-0.2, -0.15) is 0 Å². The Kier molecular flexibility index (Phi) is 5.80. The van der Waals surface area contributed by atoms with E-state index in [1.54, 1.807) is 6.07 Å². The van der Waals surface area contributed by atoms with Gasteiger partial charge in [-0.05, 0) is 59.6 Å². The molecule has 0 fully saturated rings. The first-order valence-corrected chi connectivity index (χ1v) is 8.14. The van der Waals surface area contributed by atoms with Gasteiger partial charge in [0.15, 0.2) is 0 Å². The molecule has 21 heavy (non-hydrogen) atoms. The molecule has 1 unspecified atom stereocenters. The molecule has 0 aromatic heterocycles. The van der Waals surface area contributed by atoms with E-state index >= 15 is 0 Å². The van der Waals surface area contributed by atoms with Crippen molar-refractivity contribution in [3.63, 3.8) is 0 Å². The van der Waals surface area contributed by atoms with E-state index in [2.05, 4.69) is 28.2 Å². The summed E-state index contributed by atoms with van der Waals surface area (Å²) in [5.41, 5.74) is 2.70. The zero-order valence-corrected chi connectivity index (χ0v) is 14.4. The fraction of sp³-hybridized carbons (Fsp3) is 0.294. The van der Waals surface area contributed by atoms with Gasteiger partial charge in [0.1, 0.15) is 5.82 Å². The van der Waals surface area contributed by atoms with E-state index in [9.17, 15) is 4.39 Å². The summed E-state index contributed by atoms with van der Waals surface area (Å²) >= 11 is 9.49. The van der Waals surface area contributed by atoms with Gasteiger partial charge in [0.25, 0.3) is 0 Å². The highest BCUT2D eigenvalue weighted by Gasteiger charge is 2.18. The summed E-state index contributed by atoms with van der Waals surface area (Å²) in [7, 11) is 0. The third-order valence-corrected chi connectivity index (χ3v) is 4.55. The minimum absolute atomic E-state index is 0.182. The van der Waals surface area contributed by atoms with E-state index < -0.39 is 0 Å². The number of hydrogen-bond donors (Lipinski definition) is 1. The van der Waals surface area contributed by atoms with Crippen LogP contribution in [0.5, 0.6) is 0 Å². The van der Waals surface area contributed by atoms with E-state index in [4.69, 9.17) is 11.6 Å². The van der Waals surface area contributed by atoms with Crippen molar-refractivity contribution in [2.45, 2.75) is 26.3 Å². The normalized spacial score (nSPS) is 12.4. The molecule has 0 aliphatic rings. The van der Waals surface area contributed by atoms with E-state index in [0.29, 0.717) is 10.6 Å². The predicted molar refractivity (Wildman–Crippen MR) is 90.4 cm³/mol. The maximum absolute atomic E-state index is 14.2. The SMILES string of the molecule is CCCNC(c1ccc(Cl)c(Br)c1)c1cc(C)ccc1F. The average molecular weight is 371 g/mol. The van der Waals surface area contributed by atoms with Crippen LogP contribution in [-0.4, -0.2) is 6.54 Å². The molecular weight excluding hydrogens is 353 g/mol. The Morgan fingerprint density at radius 2 is 2.00 bits per heavy atom. The molecule has 0 spiro atoms. The van der Waals surface area contributed by atoms with Gasteiger partial charge in [-0.3, -0.25) is 0 Å². The lowest BCUT2D eigenvalue weighted by atomic mass is 9.96. The van der Waals surface area contributed by atoms with Crippen molar-refractivity contribution in [1.82, 2.24) is 5.32 Å². The Hall–Kier alpha value is -0.900. The van der Waals surface area contributed by atoms with Crippen LogP contribution in [0.4, 0.5) is 4.39 Å². The number of rotatable bonds is 5. The number of hydrogen-bond acceptors (Lipinski definition) is 1. The second kappa shape index (κ2) is 7.39. The third kappa shape index (κ3) is 4.06. The van der Waals surface area contributed by atoms with Gasteiger partial charge < -0.3 is 5.32 Å². The van der Waals surface area contributed by atoms with Crippen molar-refractivity contribution >= 4 is 27.5 Å². The summed E-state index contributed by atoms with van der Waals surface area (Å²) in [6, 6.07) is 10.7. The average Bonchev–Trinajstić information content (AvgIpc) is 2.46. The summed E-state index contributed by atoms with van der Waals surface area (Å²) in [6.07, 6.45) is 0.985. The molecule has 0 saturated carbocycles. The summed E-state index contributed by atoms with van der Waals surface area (Å²) in [5, 5.41) is 4.06. The lowest BCUT2D eigenvalue weighted by molar-refractivity contribution is 0.546. The molecule has 0 aliphatic heterocycles. The van der Waals surface area contributed by atoms with Crippen LogP contribution in [-0.2, 0) is 0 Å². The molecule has 112 valence electrons. The Labute approximate surface area is 138 Å². The van der Waals surface area contributed by atoms with Gasteiger partial charge in [0.05, 0.1) is 11.1 Å². The molecular formula is C17H18BrClFN. The topological polar surface area (TPSA) is 12.0 Å². The second-order valence-electron chi connectivity index (χ2n) is 5.09. The highest BCUT2D eigenvalue weighted by atomic mass is 79.9. The number of nitrogens with one attached hydrogen (secondary N) is 1. The quantitative estimate of drug-likeness (QED) is 0.718.